The summed E-state index contributed by atoms with van der Waals surface area (Å²) >= 11 is 12.1. The first kappa shape index (κ1) is 14.6. The molecule has 0 saturated carbocycles. The first-order chi connectivity index (χ1) is 8.04. The lowest BCUT2D eigenvalue weighted by atomic mass is 10.2. The van der Waals surface area contributed by atoms with Gasteiger partial charge in [-0.15, -0.1) is 0 Å². The molecule has 0 aliphatic carbocycles. The van der Waals surface area contributed by atoms with E-state index in [9.17, 15) is 0 Å². The van der Waals surface area contributed by atoms with E-state index < -0.39 is 0 Å². The van der Waals surface area contributed by atoms with Gasteiger partial charge in [0.15, 0.2) is 5.75 Å². The number of hydrogen-bond donors (Lipinski definition) is 2. The molecule has 0 saturated heterocycles. The molecule has 17 heavy (non-hydrogen) atoms. The minimum absolute atomic E-state index is 0.372. The highest BCUT2D eigenvalue weighted by Crippen LogP contribution is 2.34. The number of nitrogens with one attached hydrogen (secondary N) is 1. The van der Waals surface area contributed by atoms with Crippen LogP contribution in [0.15, 0.2) is 12.1 Å². The van der Waals surface area contributed by atoms with Crippen molar-refractivity contribution in [2.75, 3.05) is 13.2 Å². The molecule has 0 amide bonds. The summed E-state index contributed by atoms with van der Waals surface area (Å²) in [6.07, 6.45) is -0.372. The molecule has 1 aromatic rings. The lowest BCUT2D eigenvalue weighted by Crippen LogP contribution is -2.23. The lowest BCUT2D eigenvalue weighted by molar-refractivity contribution is 0.191. The topological polar surface area (TPSA) is 41.5 Å². The fourth-order valence-electron chi connectivity index (χ4n) is 1.42. The minimum Gasteiger partial charge on any atom is -0.491 e. The summed E-state index contributed by atoms with van der Waals surface area (Å²) in [6.45, 7) is 5.27. The predicted molar refractivity (Wildman–Crippen MR) is 71.0 cm³/mol. The second kappa shape index (κ2) is 7.07. The highest BCUT2D eigenvalue weighted by Gasteiger charge is 2.09. The summed E-state index contributed by atoms with van der Waals surface area (Å²) in [5.74, 6) is 0.523. The quantitative estimate of drug-likeness (QED) is 0.840. The molecule has 0 aliphatic heterocycles. The van der Waals surface area contributed by atoms with Crippen molar-refractivity contribution in [2.24, 2.45) is 0 Å². The molecule has 3 nitrogen and oxygen atoms in total. The van der Waals surface area contributed by atoms with Crippen LogP contribution in [0.4, 0.5) is 0 Å². The van der Waals surface area contributed by atoms with Crippen molar-refractivity contribution >= 4 is 23.2 Å². The molecule has 2 N–H and O–H groups in total. The zero-order chi connectivity index (χ0) is 12.8. The number of ether oxygens (including phenoxy) is 1. The summed E-state index contributed by atoms with van der Waals surface area (Å²) in [6, 6.07) is 3.63. The SMILES string of the molecule is CCOc1c(Cl)cc(CNCC(C)O)cc1Cl. The first-order valence-corrected chi connectivity index (χ1v) is 6.29. The van der Waals surface area contributed by atoms with Gasteiger partial charge in [-0.05, 0) is 31.5 Å². The number of rotatable bonds is 6. The lowest BCUT2D eigenvalue weighted by Gasteiger charge is -2.11. The maximum absolute atomic E-state index is 9.12. The van der Waals surface area contributed by atoms with Gasteiger partial charge in [-0.1, -0.05) is 23.2 Å². The van der Waals surface area contributed by atoms with Crippen LogP contribution in [0.5, 0.6) is 5.75 Å². The van der Waals surface area contributed by atoms with Gasteiger partial charge < -0.3 is 15.2 Å². The monoisotopic (exact) mass is 277 g/mol. The van der Waals surface area contributed by atoms with E-state index in [0.717, 1.165) is 5.56 Å². The van der Waals surface area contributed by atoms with E-state index in [1.807, 2.05) is 19.1 Å². The molecular weight excluding hydrogens is 261 g/mol. The maximum Gasteiger partial charge on any atom is 0.156 e. The Labute approximate surface area is 112 Å². The van der Waals surface area contributed by atoms with Gasteiger partial charge in [-0.3, -0.25) is 0 Å². The van der Waals surface area contributed by atoms with Crippen LogP contribution in [0, 0.1) is 0 Å². The molecule has 0 fully saturated rings. The van der Waals surface area contributed by atoms with Crippen molar-refractivity contribution in [1.82, 2.24) is 5.32 Å². The molecule has 0 aliphatic rings. The second-order valence-corrected chi connectivity index (χ2v) is 4.62. The highest BCUT2D eigenvalue weighted by atomic mass is 35.5. The van der Waals surface area contributed by atoms with Crippen molar-refractivity contribution in [1.29, 1.82) is 0 Å². The summed E-state index contributed by atoms with van der Waals surface area (Å²) in [4.78, 5) is 0. The van der Waals surface area contributed by atoms with E-state index in [1.165, 1.54) is 0 Å². The average Bonchev–Trinajstić information content (AvgIpc) is 2.23. The van der Waals surface area contributed by atoms with Crippen molar-refractivity contribution in [2.45, 2.75) is 26.5 Å². The Morgan fingerprint density at radius 3 is 2.41 bits per heavy atom. The third-order valence-electron chi connectivity index (χ3n) is 2.12. The minimum atomic E-state index is -0.372. The Kier molecular flexibility index (Phi) is 6.06. The predicted octanol–water partition coefficient (Wildman–Crippen LogP) is 2.86. The van der Waals surface area contributed by atoms with Crippen molar-refractivity contribution in [3.8, 4) is 5.75 Å². The van der Waals surface area contributed by atoms with Crippen LogP contribution in [0.3, 0.4) is 0 Å². The van der Waals surface area contributed by atoms with Crippen LogP contribution >= 0.6 is 23.2 Å². The van der Waals surface area contributed by atoms with Crippen molar-refractivity contribution in [3.63, 3.8) is 0 Å². The Morgan fingerprint density at radius 1 is 1.35 bits per heavy atom. The third-order valence-corrected chi connectivity index (χ3v) is 2.68. The summed E-state index contributed by atoms with van der Waals surface area (Å²) in [5, 5.41) is 13.2. The van der Waals surface area contributed by atoms with Gasteiger partial charge in [0.1, 0.15) is 0 Å². The third kappa shape index (κ3) is 4.72. The average molecular weight is 278 g/mol. The zero-order valence-electron chi connectivity index (χ0n) is 9.96. The van der Waals surface area contributed by atoms with E-state index in [1.54, 1.807) is 6.92 Å². The van der Waals surface area contributed by atoms with E-state index in [0.29, 0.717) is 35.5 Å². The molecule has 1 unspecified atom stereocenters. The van der Waals surface area contributed by atoms with E-state index in [4.69, 9.17) is 33.0 Å². The standard InChI is InChI=1S/C12H17Cl2NO2/c1-3-17-12-10(13)4-9(5-11(12)14)7-15-6-8(2)16/h4-5,8,15-16H,3,6-7H2,1-2H3. The summed E-state index contributed by atoms with van der Waals surface area (Å²) < 4.78 is 5.34. The number of hydrogen-bond acceptors (Lipinski definition) is 3. The second-order valence-electron chi connectivity index (χ2n) is 3.80. The normalized spacial score (nSPS) is 12.5. The smallest absolute Gasteiger partial charge is 0.156 e. The highest BCUT2D eigenvalue weighted by molar-refractivity contribution is 6.37. The fraction of sp³-hybridized carbons (Fsp3) is 0.500. The molecule has 0 radical (unpaired) electrons. The number of benzene rings is 1. The Balaban J connectivity index is 2.69. The van der Waals surface area contributed by atoms with Crippen LogP contribution in [-0.4, -0.2) is 24.4 Å². The Bertz CT molecular complexity index is 347. The van der Waals surface area contributed by atoms with Gasteiger partial charge >= 0.3 is 0 Å². The molecule has 0 heterocycles. The molecule has 5 heteroatoms. The van der Waals surface area contributed by atoms with Crippen LogP contribution in [0.2, 0.25) is 10.0 Å². The van der Waals surface area contributed by atoms with Crippen LogP contribution in [0.25, 0.3) is 0 Å². The van der Waals surface area contributed by atoms with Crippen molar-refractivity contribution in [3.05, 3.63) is 27.7 Å². The van der Waals surface area contributed by atoms with Gasteiger partial charge in [0.25, 0.3) is 0 Å². The Morgan fingerprint density at radius 2 is 1.94 bits per heavy atom. The van der Waals surface area contributed by atoms with Gasteiger partial charge in [0.05, 0.1) is 22.8 Å². The zero-order valence-corrected chi connectivity index (χ0v) is 11.5. The first-order valence-electron chi connectivity index (χ1n) is 5.54. The Hall–Kier alpha value is -0.480. The molecule has 0 spiro atoms. The molecular formula is C12H17Cl2NO2. The largest absolute Gasteiger partial charge is 0.491 e. The number of aliphatic hydroxyl groups excluding tert-OH is 1. The molecule has 1 aromatic carbocycles. The van der Waals surface area contributed by atoms with Gasteiger partial charge in [0.2, 0.25) is 0 Å². The summed E-state index contributed by atoms with van der Waals surface area (Å²) in [5.41, 5.74) is 0.962. The van der Waals surface area contributed by atoms with Crippen LogP contribution < -0.4 is 10.1 Å². The number of halogens is 2. The maximum atomic E-state index is 9.12. The van der Waals surface area contributed by atoms with Gasteiger partial charge in [-0.25, -0.2) is 0 Å². The molecule has 0 bridgehead atoms. The van der Waals surface area contributed by atoms with E-state index in [2.05, 4.69) is 5.32 Å². The molecule has 1 rings (SSSR count). The van der Waals surface area contributed by atoms with E-state index >= 15 is 0 Å². The van der Waals surface area contributed by atoms with Gasteiger partial charge in [0, 0.05) is 13.1 Å². The number of aliphatic hydroxyl groups is 1. The molecule has 1 atom stereocenters. The fourth-order valence-corrected chi connectivity index (χ4v) is 2.06. The van der Waals surface area contributed by atoms with Crippen molar-refractivity contribution < 1.29 is 9.84 Å². The van der Waals surface area contributed by atoms with E-state index in [-0.39, 0.29) is 6.10 Å². The summed E-state index contributed by atoms with van der Waals surface area (Å²) in [7, 11) is 0. The van der Waals surface area contributed by atoms with Crippen LogP contribution in [-0.2, 0) is 6.54 Å². The van der Waals surface area contributed by atoms with Gasteiger partial charge in [-0.2, -0.15) is 0 Å². The molecule has 0 aromatic heterocycles. The van der Waals surface area contributed by atoms with Crippen LogP contribution in [0.1, 0.15) is 19.4 Å². The molecule has 96 valence electrons.